The van der Waals surface area contributed by atoms with Crippen molar-refractivity contribution in [2.45, 2.75) is 26.4 Å². The first-order valence-corrected chi connectivity index (χ1v) is 10.6. The van der Waals surface area contributed by atoms with Crippen LogP contribution in [0.25, 0.3) is 6.08 Å². The highest BCUT2D eigenvalue weighted by Crippen LogP contribution is 2.21. The van der Waals surface area contributed by atoms with Crippen molar-refractivity contribution in [3.63, 3.8) is 0 Å². The zero-order chi connectivity index (χ0) is 21.9. The number of hydrogen-bond donors (Lipinski definition) is 1. The first-order chi connectivity index (χ1) is 15.1. The first kappa shape index (κ1) is 22.0. The molecule has 8 heteroatoms. The third kappa shape index (κ3) is 7.24. The van der Waals surface area contributed by atoms with Crippen LogP contribution in [-0.2, 0) is 11.4 Å². The topological polar surface area (TPSA) is 97.1 Å². The second-order valence-electron chi connectivity index (χ2n) is 6.50. The number of anilines is 1. The SMILES string of the molecule is Cc1nc(COc2cccc(/C=C/C(=O)Nc3ncccc3OCCCC#N)c2)cs1. The summed E-state index contributed by atoms with van der Waals surface area (Å²) >= 11 is 1.59. The van der Waals surface area contributed by atoms with E-state index in [-0.39, 0.29) is 5.91 Å². The number of aromatic nitrogens is 2. The van der Waals surface area contributed by atoms with Gasteiger partial charge < -0.3 is 14.8 Å². The molecule has 158 valence electrons. The standard InChI is InChI=1S/C23H22N4O3S/c1-17-26-19(16-31-17)15-30-20-7-4-6-18(14-20)9-10-22(28)27-23-21(8-5-12-25-23)29-13-3-2-11-24/h4-10,12,14,16H,2-3,13,15H2,1H3,(H,25,27,28)/b10-9+. The molecule has 7 nitrogen and oxygen atoms in total. The number of nitrogens with one attached hydrogen (secondary N) is 1. The Hall–Kier alpha value is -3.70. The van der Waals surface area contributed by atoms with Crippen LogP contribution in [0.4, 0.5) is 5.82 Å². The Labute approximate surface area is 185 Å². The molecule has 0 saturated heterocycles. The molecular formula is C23H22N4O3S. The molecule has 0 saturated carbocycles. The van der Waals surface area contributed by atoms with E-state index < -0.39 is 0 Å². The van der Waals surface area contributed by atoms with Gasteiger partial charge in [-0.3, -0.25) is 4.79 Å². The van der Waals surface area contributed by atoms with Gasteiger partial charge in [-0.2, -0.15) is 5.26 Å². The fourth-order valence-corrected chi connectivity index (χ4v) is 3.20. The average Bonchev–Trinajstić information content (AvgIpc) is 3.20. The summed E-state index contributed by atoms with van der Waals surface area (Å²) in [7, 11) is 0. The van der Waals surface area contributed by atoms with E-state index in [0.717, 1.165) is 16.3 Å². The number of rotatable bonds is 10. The van der Waals surface area contributed by atoms with Crippen LogP contribution in [0.5, 0.6) is 11.5 Å². The predicted molar refractivity (Wildman–Crippen MR) is 120 cm³/mol. The number of thiazole rings is 1. The van der Waals surface area contributed by atoms with Gasteiger partial charge in [0.15, 0.2) is 11.6 Å². The number of amides is 1. The Kier molecular flexibility index (Phi) is 8.14. The molecule has 0 atom stereocenters. The quantitative estimate of drug-likeness (QED) is 0.365. The molecule has 0 aliphatic carbocycles. The van der Waals surface area contributed by atoms with Gasteiger partial charge in [-0.05, 0) is 49.2 Å². The van der Waals surface area contributed by atoms with Crippen LogP contribution in [0.15, 0.2) is 54.1 Å². The van der Waals surface area contributed by atoms with Crippen molar-refractivity contribution in [1.82, 2.24) is 9.97 Å². The van der Waals surface area contributed by atoms with E-state index in [4.69, 9.17) is 14.7 Å². The van der Waals surface area contributed by atoms with E-state index in [9.17, 15) is 4.79 Å². The van der Waals surface area contributed by atoms with Crippen molar-refractivity contribution in [3.05, 3.63) is 70.3 Å². The van der Waals surface area contributed by atoms with Gasteiger partial charge in [-0.25, -0.2) is 9.97 Å². The first-order valence-electron chi connectivity index (χ1n) is 9.72. The fourth-order valence-electron chi connectivity index (χ4n) is 2.60. The molecule has 1 aromatic carbocycles. The molecule has 0 fully saturated rings. The number of nitriles is 1. The van der Waals surface area contributed by atoms with Crippen molar-refractivity contribution in [2.24, 2.45) is 0 Å². The zero-order valence-electron chi connectivity index (χ0n) is 17.1. The van der Waals surface area contributed by atoms with Crippen LogP contribution < -0.4 is 14.8 Å². The molecule has 3 aromatic rings. The third-order valence-corrected chi connectivity index (χ3v) is 4.86. The molecule has 3 rings (SSSR count). The Morgan fingerprint density at radius 1 is 1.29 bits per heavy atom. The molecule has 0 spiro atoms. The maximum atomic E-state index is 12.3. The van der Waals surface area contributed by atoms with Gasteiger partial charge in [0.1, 0.15) is 12.4 Å². The lowest BCUT2D eigenvalue weighted by Gasteiger charge is -2.09. The normalized spacial score (nSPS) is 10.6. The smallest absolute Gasteiger partial charge is 0.249 e. The van der Waals surface area contributed by atoms with E-state index in [0.29, 0.717) is 43.4 Å². The lowest BCUT2D eigenvalue weighted by molar-refractivity contribution is -0.111. The molecule has 2 aromatic heterocycles. The van der Waals surface area contributed by atoms with Gasteiger partial charge in [0.25, 0.3) is 0 Å². The summed E-state index contributed by atoms with van der Waals surface area (Å²) in [6.07, 6.45) is 5.73. The number of carbonyl (C=O) groups is 1. The highest BCUT2D eigenvalue weighted by atomic mass is 32.1. The molecule has 1 amide bonds. The molecule has 0 radical (unpaired) electrons. The molecule has 31 heavy (non-hydrogen) atoms. The van der Waals surface area contributed by atoms with Gasteiger partial charge in [-0.1, -0.05) is 12.1 Å². The second kappa shape index (κ2) is 11.5. The minimum Gasteiger partial charge on any atom is -0.490 e. The largest absolute Gasteiger partial charge is 0.490 e. The molecular weight excluding hydrogens is 412 g/mol. The third-order valence-electron chi connectivity index (χ3n) is 4.04. The summed E-state index contributed by atoms with van der Waals surface area (Å²) in [4.78, 5) is 20.9. The average molecular weight is 435 g/mol. The summed E-state index contributed by atoms with van der Waals surface area (Å²) in [6.45, 7) is 2.74. The number of unbranched alkanes of at least 4 members (excludes halogenated alkanes) is 1. The van der Waals surface area contributed by atoms with Crippen molar-refractivity contribution >= 4 is 29.1 Å². The maximum absolute atomic E-state index is 12.3. The van der Waals surface area contributed by atoms with Gasteiger partial charge in [0.05, 0.1) is 23.4 Å². The van der Waals surface area contributed by atoms with Crippen LogP contribution >= 0.6 is 11.3 Å². The predicted octanol–water partition coefficient (Wildman–Crippen LogP) is 4.76. The lowest BCUT2D eigenvalue weighted by Crippen LogP contribution is -2.11. The molecule has 0 unspecified atom stereocenters. The second-order valence-corrected chi connectivity index (χ2v) is 7.56. The summed E-state index contributed by atoms with van der Waals surface area (Å²) in [5, 5.41) is 14.3. The summed E-state index contributed by atoms with van der Waals surface area (Å²) in [5.74, 6) is 1.18. The molecule has 0 aliphatic heterocycles. The van der Waals surface area contributed by atoms with Gasteiger partial charge in [-0.15, -0.1) is 11.3 Å². The Morgan fingerprint density at radius 3 is 3.00 bits per heavy atom. The van der Waals surface area contributed by atoms with Crippen molar-refractivity contribution in [3.8, 4) is 17.6 Å². The molecule has 2 heterocycles. The fraction of sp³-hybridized carbons (Fsp3) is 0.217. The lowest BCUT2D eigenvalue weighted by atomic mass is 10.2. The van der Waals surface area contributed by atoms with Crippen LogP contribution in [0.1, 0.15) is 29.1 Å². The minimum absolute atomic E-state index is 0.329. The Balaban J connectivity index is 1.56. The minimum atomic E-state index is -0.329. The van der Waals surface area contributed by atoms with Crippen LogP contribution in [0.2, 0.25) is 0 Å². The van der Waals surface area contributed by atoms with Crippen LogP contribution in [0.3, 0.4) is 0 Å². The van der Waals surface area contributed by atoms with E-state index in [1.54, 1.807) is 35.7 Å². The summed E-state index contributed by atoms with van der Waals surface area (Å²) in [5.41, 5.74) is 1.72. The van der Waals surface area contributed by atoms with Gasteiger partial charge >= 0.3 is 0 Å². The van der Waals surface area contributed by atoms with E-state index in [1.165, 1.54) is 6.08 Å². The van der Waals surface area contributed by atoms with Crippen molar-refractivity contribution in [2.75, 3.05) is 11.9 Å². The van der Waals surface area contributed by atoms with Gasteiger partial charge in [0, 0.05) is 24.1 Å². The maximum Gasteiger partial charge on any atom is 0.249 e. The Bertz CT molecular complexity index is 1090. The Morgan fingerprint density at radius 2 is 2.19 bits per heavy atom. The van der Waals surface area contributed by atoms with Crippen molar-refractivity contribution < 1.29 is 14.3 Å². The molecule has 1 N–H and O–H groups in total. The van der Waals surface area contributed by atoms with E-state index >= 15 is 0 Å². The summed E-state index contributed by atoms with van der Waals surface area (Å²) < 4.78 is 11.4. The highest BCUT2D eigenvalue weighted by molar-refractivity contribution is 7.09. The van der Waals surface area contributed by atoms with E-state index in [1.807, 2.05) is 36.6 Å². The van der Waals surface area contributed by atoms with Gasteiger partial charge in [0.2, 0.25) is 5.91 Å². The van der Waals surface area contributed by atoms with E-state index in [2.05, 4.69) is 21.4 Å². The molecule has 0 bridgehead atoms. The van der Waals surface area contributed by atoms with Crippen molar-refractivity contribution in [1.29, 1.82) is 5.26 Å². The van der Waals surface area contributed by atoms with Crippen LogP contribution in [0, 0.1) is 18.3 Å². The number of ether oxygens (including phenoxy) is 2. The number of nitrogens with zero attached hydrogens (tertiary/aromatic N) is 3. The van der Waals surface area contributed by atoms with Crippen LogP contribution in [-0.4, -0.2) is 22.5 Å². The monoisotopic (exact) mass is 434 g/mol. The number of pyridine rings is 1. The number of hydrogen-bond acceptors (Lipinski definition) is 7. The number of carbonyl (C=O) groups excluding carboxylic acids is 1. The highest BCUT2D eigenvalue weighted by Gasteiger charge is 2.07. The summed E-state index contributed by atoms with van der Waals surface area (Å²) in [6, 6.07) is 13.0. The zero-order valence-corrected chi connectivity index (χ0v) is 17.9. The molecule has 0 aliphatic rings. The number of aryl methyl sites for hydroxylation is 1. The number of benzene rings is 1.